The fraction of sp³-hybridized carbons (Fsp3) is 0.364. The molecule has 82 valence electrons. The number of carbonyl (C=O) groups excluding carboxylic acids is 1. The maximum atomic E-state index is 11.2. The molecule has 1 aromatic rings. The Bertz CT molecular complexity index is 363. The van der Waals surface area contributed by atoms with Crippen LogP contribution in [0.25, 0.3) is 0 Å². The molecular weight excluding hydrogens is 307 g/mol. The molecule has 0 spiro atoms. The molecule has 0 aliphatic heterocycles. The molecule has 0 aliphatic carbocycles. The minimum atomic E-state index is -0.229. The molecule has 1 atom stereocenters. The number of halogens is 1. The second-order valence-electron chi connectivity index (χ2n) is 3.41. The van der Waals surface area contributed by atoms with Gasteiger partial charge in [-0.15, -0.1) is 0 Å². The van der Waals surface area contributed by atoms with E-state index in [0.717, 1.165) is 9.13 Å². The first kappa shape index (κ1) is 12.3. The van der Waals surface area contributed by atoms with E-state index < -0.39 is 0 Å². The predicted octanol–water partition coefficient (Wildman–Crippen LogP) is 2.35. The summed E-state index contributed by atoms with van der Waals surface area (Å²) in [5, 5.41) is 9.49. The van der Waals surface area contributed by atoms with Crippen LogP contribution in [0.15, 0.2) is 18.2 Å². The zero-order chi connectivity index (χ0) is 11.4. The van der Waals surface area contributed by atoms with Gasteiger partial charge in [0.25, 0.3) is 0 Å². The van der Waals surface area contributed by atoms with Crippen molar-refractivity contribution in [3.63, 3.8) is 0 Å². The summed E-state index contributed by atoms with van der Waals surface area (Å²) in [6, 6.07) is 5.41. The van der Waals surface area contributed by atoms with E-state index in [9.17, 15) is 9.90 Å². The number of hydrogen-bond acceptors (Lipinski definition) is 3. The summed E-state index contributed by atoms with van der Waals surface area (Å²) in [5.74, 6) is -0.160. The molecule has 4 heteroatoms. The van der Waals surface area contributed by atoms with Crippen LogP contribution >= 0.6 is 22.6 Å². The Labute approximate surface area is 103 Å². The van der Waals surface area contributed by atoms with Gasteiger partial charge in [0.2, 0.25) is 0 Å². The Morgan fingerprint density at radius 2 is 2.27 bits per heavy atom. The van der Waals surface area contributed by atoms with Gasteiger partial charge in [0.15, 0.2) is 0 Å². The Morgan fingerprint density at radius 1 is 1.60 bits per heavy atom. The van der Waals surface area contributed by atoms with E-state index in [4.69, 9.17) is 0 Å². The van der Waals surface area contributed by atoms with Gasteiger partial charge in [-0.3, -0.25) is 4.79 Å². The van der Waals surface area contributed by atoms with Crippen molar-refractivity contribution in [1.82, 2.24) is 0 Å². The van der Waals surface area contributed by atoms with E-state index in [1.165, 1.54) is 7.11 Å². The summed E-state index contributed by atoms with van der Waals surface area (Å²) >= 11 is 2.05. The smallest absolute Gasteiger partial charge is 0.308 e. The third-order valence-corrected chi connectivity index (χ3v) is 3.07. The largest absolute Gasteiger partial charge is 0.507 e. The number of phenols is 1. The highest BCUT2D eigenvalue weighted by molar-refractivity contribution is 14.1. The van der Waals surface area contributed by atoms with Crippen molar-refractivity contribution in [3.05, 3.63) is 27.3 Å². The van der Waals surface area contributed by atoms with Crippen LogP contribution in [0.4, 0.5) is 0 Å². The molecule has 3 nitrogen and oxygen atoms in total. The van der Waals surface area contributed by atoms with Gasteiger partial charge in [-0.25, -0.2) is 0 Å². The van der Waals surface area contributed by atoms with E-state index in [0.29, 0.717) is 6.42 Å². The summed E-state index contributed by atoms with van der Waals surface area (Å²) in [6.07, 6.45) is 0.581. The average molecular weight is 320 g/mol. The molecule has 0 saturated carbocycles. The van der Waals surface area contributed by atoms with Crippen LogP contribution in [-0.2, 0) is 16.0 Å². The standard InChI is InChI=1S/C11H13IO3/c1-7(11(14)15-2)5-8-3-4-9(12)10(13)6-8/h3-4,6-7,13H,5H2,1-2H3/t7-/m0/s1. The topological polar surface area (TPSA) is 46.5 Å². The van der Waals surface area contributed by atoms with E-state index in [2.05, 4.69) is 27.3 Å². The summed E-state index contributed by atoms with van der Waals surface area (Å²) in [5.41, 5.74) is 0.936. The number of aromatic hydroxyl groups is 1. The fourth-order valence-electron chi connectivity index (χ4n) is 1.32. The Morgan fingerprint density at radius 3 is 2.80 bits per heavy atom. The van der Waals surface area contributed by atoms with Gasteiger partial charge in [0.05, 0.1) is 16.6 Å². The normalized spacial score (nSPS) is 12.2. The molecule has 0 bridgehead atoms. The number of ether oxygens (including phenoxy) is 1. The van der Waals surface area contributed by atoms with E-state index in [1.807, 2.05) is 12.1 Å². The molecule has 1 aromatic carbocycles. The van der Waals surface area contributed by atoms with Crippen molar-refractivity contribution in [1.29, 1.82) is 0 Å². The van der Waals surface area contributed by atoms with Crippen molar-refractivity contribution >= 4 is 28.6 Å². The average Bonchev–Trinajstić information content (AvgIpc) is 2.22. The van der Waals surface area contributed by atoms with Gasteiger partial charge in [0.1, 0.15) is 5.75 Å². The molecule has 0 fully saturated rings. The minimum Gasteiger partial charge on any atom is -0.507 e. The predicted molar refractivity (Wildman–Crippen MR) is 65.7 cm³/mol. The summed E-state index contributed by atoms with van der Waals surface area (Å²) in [6.45, 7) is 1.81. The van der Waals surface area contributed by atoms with Crippen LogP contribution in [-0.4, -0.2) is 18.2 Å². The third-order valence-electron chi connectivity index (χ3n) is 2.16. The summed E-state index contributed by atoms with van der Waals surface area (Å²) in [4.78, 5) is 11.2. The quantitative estimate of drug-likeness (QED) is 0.687. The maximum Gasteiger partial charge on any atom is 0.308 e. The Hall–Kier alpha value is -0.780. The molecule has 1 N–H and O–H groups in total. The third kappa shape index (κ3) is 3.37. The van der Waals surface area contributed by atoms with Gasteiger partial charge < -0.3 is 9.84 Å². The number of hydrogen-bond donors (Lipinski definition) is 1. The lowest BCUT2D eigenvalue weighted by atomic mass is 10.0. The van der Waals surface area contributed by atoms with Crippen LogP contribution in [0.3, 0.4) is 0 Å². The Kier molecular flexibility index (Phi) is 4.38. The lowest BCUT2D eigenvalue weighted by molar-refractivity contribution is -0.144. The summed E-state index contributed by atoms with van der Waals surface area (Å²) < 4.78 is 5.44. The van der Waals surface area contributed by atoms with Crippen molar-refractivity contribution in [3.8, 4) is 5.75 Å². The van der Waals surface area contributed by atoms with Crippen molar-refractivity contribution in [2.75, 3.05) is 7.11 Å². The zero-order valence-corrected chi connectivity index (χ0v) is 10.8. The second-order valence-corrected chi connectivity index (χ2v) is 4.58. The summed E-state index contributed by atoms with van der Waals surface area (Å²) in [7, 11) is 1.38. The van der Waals surface area contributed by atoms with Gasteiger partial charge in [-0.05, 0) is 46.7 Å². The van der Waals surface area contributed by atoms with E-state index in [-0.39, 0.29) is 17.6 Å². The monoisotopic (exact) mass is 320 g/mol. The molecule has 0 aromatic heterocycles. The van der Waals surface area contributed by atoms with E-state index in [1.54, 1.807) is 13.0 Å². The highest BCUT2D eigenvalue weighted by Crippen LogP contribution is 2.22. The zero-order valence-electron chi connectivity index (χ0n) is 8.66. The van der Waals surface area contributed by atoms with Gasteiger partial charge in [-0.1, -0.05) is 13.0 Å². The maximum absolute atomic E-state index is 11.2. The minimum absolute atomic E-state index is 0.186. The SMILES string of the molecule is COC(=O)[C@@H](C)Cc1ccc(I)c(O)c1. The van der Waals surface area contributed by atoms with Crippen molar-refractivity contribution < 1.29 is 14.6 Å². The number of methoxy groups -OCH3 is 1. The molecule has 15 heavy (non-hydrogen) atoms. The lowest BCUT2D eigenvalue weighted by Crippen LogP contribution is -2.15. The van der Waals surface area contributed by atoms with Crippen LogP contribution < -0.4 is 0 Å². The van der Waals surface area contributed by atoms with Crippen LogP contribution in [0.5, 0.6) is 5.75 Å². The van der Waals surface area contributed by atoms with Crippen LogP contribution in [0.1, 0.15) is 12.5 Å². The van der Waals surface area contributed by atoms with Crippen LogP contribution in [0, 0.1) is 9.49 Å². The van der Waals surface area contributed by atoms with Gasteiger partial charge >= 0.3 is 5.97 Å². The van der Waals surface area contributed by atoms with E-state index >= 15 is 0 Å². The highest BCUT2D eigenvalue weighted by atomic mass is 127. The first-order chi connectivity index (χ1) is 7.04. The first-order valence-corrected chi connectivity index (χ1v) is 5.67. The molecular formula is C11H13IO3. The fourth-order valence-corrected chi connectivity index (χ4v) is 1.66. The van der Waals surface area contributed by atoms with Gasteiger partial charge in [-0.2, -0.15) is 0 Å². The second kappa shape index (κ2) is 5.34. The van der Waals surface area contributed by atoms with Gasteiger partial charge in [0, 0.05) is 0 Å². The molecule has 0 heterocycles. The number of benzene rings is 1. The molecule has 0 unspecified atom stereocenters. The molecule has 0 saturated heterocycles. The molecule has 1 rings (SSSR count). The molecule has 0 aliphatic rings. The van der Waals surface area contributed by atoms with Crippen molar-refractivity contribution in [2.24, 2.45) is 5.92 Å². The number of esters is 1. The number of phenolic OH excluding ortho intramolecular Hbond substituents is 1. The van der Waals surface area contributed by atoms with Crippen molar-refractivity contribution in [2.45, 2.75) is 13.3 Å². The molecule has 0 amide bonds. The van der Waals surface area contributed by atoms with Crippen LogP contribution in [0.2, 0.25) is 0 Å². The Balaban J connectivity index is 2.73. The number of rotatable bonds is 3. The molecule has 0 radical (unpaired) electrons. The number of carbonyl (C=O) groups is 1. The first-order valence-electron chi connectivity index (χ1n) is 4.59. The lowest BCUT2D eigenvalue weighted by Gasteiger charge is -2.09. The highest BCUT2D eigenvalue weighted by Gasteiger charge is 2.14.